The summed E-state index contributed by atoms with van der Waals surface area (Å²) in [5.74, 6) is 0.755. The van der Waals surface area contributed by atoms with Crippen LogP contribution in [0.1, 0.15) is 17.5 Å². The van der Waals surface area contributed by atoms with Gasteiger partial charge in [-0.15, -0.1) is 0 Å². The topological polar surface area (TPSA) is 93.7 Å². The highest BCUT2D eigenvalue weighted by Gasteiger charge is 2.31. The normalized spacial score (nSPS) is 11.8. The number of sulfonamides is 1. The quantitative estimate of drug-likeness (QED) is 0.569. The largest absolute Gasteiger partial charge is 0.493 e. The smallest absolute Gasteiger partial charge is 0.416 e. The van der Waals surface area contributed by atoms with Crippen molar-refractivity contribution in [2.45, 2.75) is 23.9 Å². The molecule has 0 aliphatic rings. The zero-order valence-electron chi connectivity index (χ0n) is 17.0. The molecular weight excluding hydrogens is 437 g/mol. The zero-order chi connectivity index (χ0) is 23.1. The second-order valence-electron chi connectivity index (χ2n) is 6.46. The monoisotopic (exact) mass is 460 g/mol. The van der Waals surface area contributed by atoms with Gasteiger partial charge in [0.25, 0.3) is 0 Å². The molecule has 0 saturated heterocycles. The maximum absolute atomic E-state index is 12.8. The number of ether oxygens (including phenoxy) is 2. The van der Waals surface area contributed by atoms with E-state index in [0.717, 1.165) is 23.8 Å². The van der Waals surface area contributed by atoms with Gasteiger partial charge in [-0.3, -0.25) is 4.79 Å². The van der Waals surface area contributed by atoms with Crippen LogP contribution in [0.3, 0.4) is 0 Å². The number of nitrogens with one attached hydrogen (secondary N) is 2. The van der Waals surface area contributed by atoms with Crippen LogP contribution in [0.15, 0.2) is 47.4 Å². The van der Waals surface area contributed by atoms with Crippen molar-refractivity contribution in [1.29, 1.82) is 0 Å². The Morgan fingerprint density at radius 1 is 1.00 bits per heavy atom. The number of benzene rings is 2. The molecule has 7 nitrogen and oxygen atoms in total. The lowest BCUT2D eigenvalue weighted by Gasteiger charge is -2.11. The van der Waals surface area contributed by atoms with Gasteiger partial charge in [0, 0.05) is 19.5 Å². The van der Waals surface area contributed by atoms with Crippen LogP contribution in [0.25, 0.3) is 0 Å². The minimum absolute atomic E-state index is 0.163. The fourth-order valence-electron chi connectivity index (χ4n) is 2.69. The van der Waals surface area contributed by atoms with Crippen LogP contribution in [-0.4, -0.2) is 41.6 Å². The van der Waals surface area contributed by atoms with Crippen LogP contribution in [0.5, 0.6) is 11.5 Å². The van der Waals surface area contributed by atoms with Crippen LogP contribution in [0, 0.1) is 0 Å². The first-order valence-corrected chi connectivity index (χ1v) is 10.7. The molecule has 0 spiro atoms. The SMILES string of the molecule is COc1ccc(CCNC(=O)CCNS(=O)(=O)c2cccc(C(F)(F)F)c2)cc1OC. The molecule has 2 aromatic rings. The van der Waals surface area contributed by atoms with E-state index in [-0.39, 0.29) is 13.0 Å². The van der Waals surface area contributed by atoms with Gasteiger partial charge in [-0.2, -0.15) is 13.2 Å². The first kappa shape index (κ1) is 24.5. The Morgan fingerprint density at radius 3 is 2.35 bits per heavy atom. The van der Waals surface area contributed by atoms with Gasteiger partial charge in [0.2, 0.25) is 15.9 Å². The molecule has 0 saturated carbocycles. The van der Waals surface area contributed by atoms with Crippen molar-refractivity contribution in [2.24, 2.45) is 0 Å². The molecule has 0 radical (unpaired) electrons. The molecule has 31 heavy (non-hydrogen) atoms. The number of alkyl halides is 3. The van der Waals surface area contributed by atoms with Crippen LogP contribution in [-0.2, 0) is 27.4 Å². The summed E-state index contributed by atoms with van der Waals surface area (Å²) in [6.45, 7) is 0.0649. The molecule has 0 heterocycles. The van der Waals surface area contributed by atoms with Crippen LogP contribution < -0.4 is 19.5 Å². The van der Waals surface area contributed by atoms with Crippen molar-refractivity contribution in [1.82, 2.24) is 10.0 Å². The Hall–Kier alpha value is -2.79. The molecule has 0 fully saturated rings. The van der Waals surface area contributed by atoms with Crippen molar-refractivity contribution >= 4 is 15.9 Å². The van der Waals surface area contributed by atoms with Crippen LogP contribution in [0.2, 0.25) is 0 Å². The summed E-state index contributed by atoms with van der Waals surface area (Å²) < 4.78 is 75.1. The third kappa shape index (κ3) is 7.14. The second-order valence-corrected chi connectivity index (χ2v) is 8.23. The summed E-state index contributed by atoms with van der Waals surface area (Å²) in [6.07, 6.45) is -4.30. The molecule has 0 aliphatic heterocycles. The summed E-state index contributed by atoms with van der Waals surface area (Å²) in [6, 6.07) is 8.76. The van der Waals surface area contributed by atoms with E-state index >= 15 is 0 Å². The van der Waals surface area contributed by atoms with Crippen molar-refractivity contribution in [2.75, 3.05) is 27.3 Å². The highest BCUT2D eigenvalue weighted by atomic mass is 32.2. The van der Waals surface area contributed by atoms with Crippen molar-refractivity contribution < 1.29 is 35.9 Å². The molecule has 0 aliphatic carbocycles. The van der Waals surface area contributed by atoms with Gasteiger partial charge in [0.05, 0.1) is 24.7 Å². The van der Waals surface area contributed by atoms with Crippen LogP contribution in [0.4, 0.5) is 13.2 Å². The first-order chi connectivity index (χ1) is 14.6. The average molecular weight is 460 g/mol. The number of amides is 1. The molecule has 11 heteroatoms. The number of methoxy groups -OCH3 is 2. The van der Waals surface area contributed by atoms with E-state index in [9.17, 15) is 26.4 Å². The summed E-state index contributed by atoms with van der Waals surface area (Å²) in [4.78, 5) is 11.4. The second kappa shape index (κ2) is 10.5. The number of carbonyl (C=O) groups excluding carboxylic acids is 1. The van der Waals surface area contributed by atoms with Gasteiger partial charge in [-0.25, -0.2) is 13.1 Å². The molecule has 1 amide bonds. The van der Waals surface area contributed by atoms with Gasteiger partial charge in [-0.05, 0) is 42.3 Å². The Bertz CT molecular complexity index is 1010. The molecule has 2 rings (SSSR count). The maximum Gasteiger partial charge on any atom is 0.416 e. The number of rotatable bonds is 10. The van der Waals surface area contributed by atoms with Crippen molar-refractivity contribution in [3.63, 3.8) is 0 Å². The number of hydrogen-bond donors (Lipinski definition) is 2. The summed E-state index contributed by atoms with van der Waals surface area (Å²) in [7, 11) is -1.13. The lowest BCUT2D eigenvalue weighted by molar-refractivity contribution is -0.137. The Balaban J connectivity index is 1.81. The molecule has 2 aromatic carbocycles. The maximum atomic E-state index is 12.8. The summed E-state index contributed by atoms with van der Waals surface area (Å²) >= 11 is 0. The summed E-state index contributed by atoms with van der Waals surface area (Å²) in [5, 5.41) is 2.66. The van der Waals surface area contributed by atoms with Gasteiger partial charge in [-0.1, -0.05) is 12.1 Å². The number of halogens is 3. The number of hydrogen-bond acceptors (Lipinski definition) is 5. The van der Waals surface area contributed by atoms with Gasteiger partial charge >= 0.3 is 6.18 Å². The zero-order valence-corrected chi connectivity index (χ0v) is 17.8. The van der Waals surface area contributed by atoms with E-state index in [4.69, 9.17) is 9.47 Å². The van der Waals surface area contributed by atoms with Crippen LogP contribution >= 0.6 is 0 Å². The molecule has 0 bridgehead atoms. The van der Waals surface area contributed by atoms with Crippen molar-refractivity contribution in [3.8, 4) is 11.5 Å². The van der Waals surface area contributed by atoms with E-state index in [1.165, 1.54) is 14.2 Å². The van der Waals surface area contributed by atoms with E-state index in [0.29, 0.717) is 30.5 Å². The third-order valence-electron chi connectivity index (χ3n) is 4.30. The van der Waals surface area contributed by atoms with E-state index < -0.39 is 32.6 Å². The fraction of sp³-hybridized carbons (Fsp3) is 0.350. The highest BCUT2D eigenvalue weighted by molar-refractivity contribution is 7.89. The van der Waals surface area contributed by atoms with Gasteiger partial charge < -0.3 is 14.8 Å². The van der Waals surface area contributed by atoms with Gasteiger partial charge in [0.15, 0.2) is 11.5 Å². The lowest BCUT2D eigenvalue weighted by atomic mass is 10.1. The Kier molecular flexibility index (Phi) is 8.28. The minimum atomic E-state index is -4.65. The standard InChI is InChI=1S/C20H23F3N2O5S/c1-29-17-7-6-14(12-18(17)30-2)8-10-24-19(26)9-11-25-31(27,28)16-5-3-4-15(13-16)20(21,22)23/h3-7,12-13,25H,8-11H2,1-2H3,(H,24,26). The first-order valence-electron chi connectivity index (χ1n) is 9.21. The molecule has 0 aromatic heterocycles. The number of carbonyl (C=O) groups is 1. The Morgan fingerprint density at radius 2 is 1.71 bits per heavy atom. The predicted octanol–water partition coefficient (Wildman–Crippen LogP) is 2.75. The average Bonchev–Trinajstić information content (AvgIpc) is 2.73. The van der Waals surface area contributed by atoms with E-state index in [1.54, 1.807) is 12.1 Å². The third-order valence-corrected chi connectivity index (χ3v) is 5.76. The van der Waals surface area contributed by atoms with E-state index in [2.05, 4.69) is 10.0 Å². The van der Waals surface area contributed by atoms with E-state index in [1.807, 2.05) is 6.07 Å². The molecule has 0 atom stereocenters. The predicted molar refractivity (Wildman–Crippen MR) is 108 cm³/mol. The lowest BCUT2D eigenvalue weighted by Crippen LogP contribution is -2.31. The fourth-order valence-corrected chi connectivity index (χ4v) is 3.77. The van der Waals surface area contributed by atoms with Crippen molar-refractivity contribution in [3.05, 3.63) is 53.6 Å². The molecule has 2 N–H and O–H groups in total. The highest BCUT2D eigenvalue weighted by Crippen LogP contribution is 2.30. The summed E-state index contributed by atoms with van der Waals surface area (Å²) in [5.41, 5.74) is -0.161. The molecule has 170 valence electrons. The van der Waals surface area contributed by atoms with Gasteiger partial charge in [0.1, 0.15) is 0 Å². The molecule has 0 unspecified atom stereocenters. The Labute approximate surface area is 178 Å². The minimum Gasteiger partial charge on any atom is -0.493 e. The molecular formula is C20H23F3N2O5S.